The van der Waals surface area contributed by atoms with Gasteiger partial charge in [-0.05, 0) is 25.1 Å². The van der Waals surface area contributed by atoms with Gasteiger partial charge in [0.25, 0.3) is 0 Å². The lowest BCUT2D eigenvalue weighted by Gasteiger charge is -2.23. The first-order chi connectivity index (χ1) is 9.42. The molecule has 19 heavy (non-hydrogen) atoms. The number of hydrogen-bond donors (Lipinski definition) is 1. The number of nitrogens with one attached hydrogen (secondary N) is 1. The van der Waals surface area contributed by atoms with E-state index in [1.165, 1.54) is 12.0 Å². The summed E-state index contributed by atoms with van der Waals surface area (Å²) < 4.78 is 4.91. The summed E-state index contributed by atoms with van der Waals surface area (Å²) in [5, 5.41) is 7.62. The van der Waals surface area contributed by atoms with E-state index in [1.807, 2.05) is 6.07 Å². The molecule has 0 spiro atoms. The Balaban J connectivity index is 1.69. The van der Waals surface area contributed by atoms with Gasteiger partial charge in [-0.1, -0.05) is 35.5 Å². The molecule has 0 saturated carbocycles. The molecule has 0 radical (unpaired) electrons. The Kier molecular flexibility index (Phi) is 3.91. The summed E-state index contributed by atoms with van der Waals surface area (Å²) in [5.41, 5.74) is 2.36. The Morgan fingerprint density at radius 1 is 1.26 bits per heavy atom. The van der Waals surface area contributed by atoms with Gasteiger partial charge >= 0.3 is 0 Å². The lowest BCUT2D eigenvalue weighted by atomic mass is 10.1. The highest BCUT2D eigenvalue weighted by Crippen LogP contribution is 2.18. The van der Waals surface area contributed by atoms with Crippen LogP contribution < -0.4 is 5.32 Å². The first-order valence-corrected chi connectivity index (χ1v) is 6.82. The van der Waals surface area contributed by atoms with Crippen molar-refractivity contribution >= 4 is 0 Å². The highest BCUT2D eigenvalue weighted by Gasteiger charge is 2.19. The zero-order chi connectivity index (χ0) is 12.9. The van der Waals surface area contributed by atoms with E-state index in [4.69, 9.17) is 4.52 Å². The average Bonchev–Trinajstić information content (AvgIpc) is 2.84. The Morgan fingerprint density at radius 3 is 2.95 bits per heavy atom. The summed E-state index contributed by atoms with van der Waals surface area (Å²) in [6.45, 7) is 4.04. The van der Waals surface area contributed by atoms with Crippen LogP contribution in [-0.4, -0.2) is 29.7 Å². The third kappa shape index (κ3) is 3.22. The molecular formula is C15H19N3O. The molecule has 0 aliphatic carbocycles. The largest absolute Gasteiger partial charge is 0.364 e. The Bertz CT molecular complexity index is 483. The van der Waals surface area contributed by atoms with Gasteiger partial charge in [-0.25, -0.2) is 0 Å². The number of nitrogens with zero attached hydrogens (tertiary/aromatic N) is 2. The van der Waals surface area contributed by atoms with Crippen LogP contribution in [0.1, 0.15) is 23.7 Å². The Labute approximate surface area is 113 Å². The Hall–Kier alpha value is -1.65. The summed E-state index contributed by atoms with van der Waals surface area (Å²) in [7, 11) is 0. The molecule has 4 nitrogen and oxygen atoms in total. The summed E-state index contributed by atoms with van der Waals surface area (Å²) in [6.07, 6.45) is 2.81. The molecule has 2 aromatic rings. The van der Waals surface area contributed by atoms with Crippen LogP contribution >= 0.6 is 0 Å². The van der Waals surface area contributed by atoms with E-state index in [-0.39, 0.29) is 0 Å². The van der Waals surface area contributed by atoms with E-state index in [1.54, 1.807) is 6.26 Å². The SMILES string of the molecule is c1ccc(C2CN(Cc3ccon3)CCCN2)cc1. The molecule has 3 rings (SSSR count). The van der Waals surface area contributed by atoms with Gasteiger partial charge in [0.1, 0.15) is 6.26 Å². The molecule has 1 saturated heterocycles. The molecular weight excluding hydrogens is 238 g/mol. The summed E-state index contributed by atoms with van der Waals surface area (Å²) >= 11 is 0. The quantitative estimate of drug-likeness (QED) is 0.915. The van der Waals surface area contributed by atoms with E-state index in [0.717, 1.165) is 31.9 Å². The average molecular weight is 257 g/mol. The number of hydrogen-bond acceptors (Lipinski definition) is 4. The molecule has 0 bridgehead atoms. The second-order valence-electron chi connectivity index (χ2n) is 5.00. The molecule has 1 N–H and O–H groups in total. The van der Waals surface area contributed by atoms with Crippen molar-refractivity contribution in [2.45, 2.75) is 19.0 Å². The number of aromatic nitrogens is 1. The van der Waals surface area contributed by atoms with Crippen LogP contribution in [0, 0.1) is 0 Å². The minimum absolute atomic E-state index is 0.399. The van der Waals surface area contributed by atoms with Crippen molar-refractivity contribution in [2.24, 2.45) is 0 Å². The van der Waals surface area contributed by atoms with Gasteiger partial charge in [-0.2, -0.15) is 0 Å². The van der Waals surface area contributed by atoms with Crippen LogP contribution in [0.2, 0.25) is 0 Å². The van der Waals surface area contributed by atoms with Crippen LogP contribution in [0.3, 0.4) is 0 Å². The first-order valence-electron chi connectivity index (χ1n) is 6.82. The topological polar surface area (TPSA) is 41.3 Å². The summed E-state index contributed by atoms with van der Waals surface area (Å²) in [5.74, 6) is 0. The van der Waals surface area contributed by atoms with Crippen molar-refractivity contribution in [3.05, 3.63) is 53.9 Å². The molecule has 1 aliphatic rings. The monoisotopic (exact) mass is 257 g/mol. The summed E-state index contributed by atoms with van der Waals surface area (Å²) in [6, 6.07) is 13.0. The highest BCUT2D eigenvalue weighted by molar-refractivity contribution is 5.19. The van der Waals surface area contributed by atoms with Crippen LogP contribution in [0.25, 0.3) is 0 Å². The van der Waals surface area contributed by atoms with E-state index < -0.39 is 0 Å². The normalized spacial score (nSPS) is 21.2. The van der Waals surface area contributed by atoms with Crippen LogP contribution in [0.5, 0.6) is 0 Å². The molecule has 1 fully saturated rings. The Morgan fingerprint density at radius 2 is 2.16 bits per heavy atom. The van der Waals surface area contributed by atoms with Gasteiger partial charge < -0.3 is 9.84 Å². The fraction of sp³-hybridized carbons (Fsp3) is 0.400. The van der Waals surface area contributed by atoms with E-state index >= 15 is 0 Å². The van der Waals surface area contributed by atoms with Crippen LogP contribution in [0.15, 0.2) is 47.2 Å². The van der Waals surface area contributed by atoms with E-state index in [0.29, 0.717) is 6.04 Å². The van der Waals surface area contributed by atoms with Gasteiger partial charge in [0.2, 0.25) is 0 Å². The number of benzene rings is 1. The standard InChI is InChI=1S/C15H19N3O/c1-2-5-13(6-3-1)15-12-18(9-4-8-16-15)11-14-7-10-19-17-14/h1-3,5-7,10,15-16H,4,8-9,11-12H2. The second kappa shape index (κ2) is 5.99. The molecule has 0 amide bonds. The van der Waals surface area contributed by atoms with Gasteiger partial charge in [0.15, 0.2) is 0 Å². The predicted molar refractivity (Wildman–Crippen MR) is 73.6 cm³/mol. The van der Waals surface area contributed by atoms with E-state index in [9.17, 15) is 0 Å². The maximum absolute atomic E-state index is 4.91. The fourth-order valence-electron chi connectivity index (χ4n) is 2.59. The van der Waals surface area contributed by atoms with Gasteiger partial charge in [0, 0.05) is 25.2 Å². The third-order valence-electron chi connectivity index (χ3n) is 3.56. The minimum Gasteiger partial charge on any atom is -0.364 e. The number of rotatable bonds is 3. The van der Waals surface area contributed by atoms with Crippen molar-refractivity contribution < 1.29 is 4.52 Å². The van der Waals surface area contributed by atoms with Gasteiger partial charge in [-0.15, -0.1) is 0 Å². The molecule has 1 aliphatic heterocycles. The molecule has 1 unspecified atom stereocenters. The maximum atomic E-state index is 4.91. The van der Waals surface area contributed by atoms with Crippen molar-refractivity contribution in [1.29, 1.82) is 0 Å². The van der Waals surface area contributed by atoms with Gasteiger partial charge in [-0.3, -0.25) is 4.90 Å². The fourth-order valence-corrected chi connectivity index (χ4v) is 2.59. The second-order valence-corrected chi connectivity index (χ2v) is 5.00. The lowest BCUT2D eigenvalue weighted by Crippen LogP contribution is -2.31. The zero-order valence-electron chi connectivity index (χ0n) is 11.0. The predicted octanol–water partition coefficient (Wildman–Crippen LogP) is 2.21. The first kappa shape index (κ1) is 12.4. The van der Waals surface area contributed by atoms with E-state index in [2.05, 4.69) is 45.7 Å². The van der Waals surface area contributed by atoms with Crippen molar-refractivity contribution in [3.63, 3.8) is 0 Å². The minimum atomic E-state index is 0.399. The smallest absolute Gasteiger partial charge is 0.124 e. The molecule has 1 atom stereocenters. The maximum Gasteiger partial charge on any atom is 0.124 e. The summed E-state index contributed by atoms with van der Waals surface area (Å²) in [4.78, 5) is 2.44. The lowest BCUT2D eigenvalue weighted by molar-refractivity contribution is 0.252. The van der Waals surface area contributed by atoms with Gasteiger partial charge in [0.05, 0.1) is 5.69 Å². The molecule has 4 heteroatoms. The van der Waals surface area contributed by atoms with Crippen LogP contribution in [0.4, 0.5) is 0 Å². The van der Waals surface area contributed by atoms with Crippen LogP contribution in [-0.2, 0) is 6.54 Å². The highest BCUT2D eigenvalue weighted by atomic mass is 16.5. The van der Waals surface area contributed by atoms with Crippen molar-refractivity contribution in [1.82, 2.24) is 15.4 Å². The molecule has 2 heterocycles. The third-order valence-corrected chi connectivity index (χ3v) is 3.56. The van der Waals surface area contributed by atoms with Crippen molar-refractivity contribution in [2.75, 3.05) is 19.6 Å². The molecule has 1 aromatic carbocycles. The van der Waals surface area contributed by atoms with Crippen molar-refractivity contribution in [3.8, 4) is 0 Å². The molecule has 100 valence electrons. The zero-order valence-corrected chi connectivity index (χ0v) is 11.0. The molecule has 1 aromatic heterocycles.